The van der Waals surface area contributed by atoms with E-state index in [9.17, 15) is 4.39 Å². The average Bonchev–Trinajstić information content (AvgIpc) is 2.71. The molecule has 2 rings (SSSR count). The van der Waals surface area contributed by atoms with Gasteiger partial charge in [0, 0.05) is 23.9 Å². The van der Waals surface area contributed by atoms with Crippen LogP contribution in [0.15, 0.2) is 35.1 Å². The van der Waals surface area contributed by atoms with E-state index in [-0.39, 0.29) is 11.9 Å². The third kappa shape index (κ3) is 2.95. The number of hydrogen-bond donors (Lipinski definition) is 2. The van der Waals surface area contributed by atoms with Gasteiger partial charge in [-0.25, -0.2) is 14.8 Å². The quantitative estimate of drug-likeness (QED) is 0.671. The fourth-order valence-electron chi connectivity index (χ4n) is 1.90. The Morgan fingerprint density at radius 2 is 2.28 bits per heavy atom. The number of rotatable bonds is 4. The Balaban J connectivity index is 2.23. The molecule has 3 N–H and O–H groups in total. The van der Waals surface area contributed by atoms with Gasteiger partial charge >= 0.3 is 0 Å². The highest BCUT2D eigenvalue weighted by Gasteiger charge is 2.15. The zero-order valence-corrected chi connectivity index (χ0v) is 11.5. The van der Waals surface area contributed by atoms with Crippen molar-refractivity contribution in [1.29, 1.82) is 0 Å². The lowest BCUT2D eigenvalue weighted by Crippen LogP contribution is -2.31. The van der Waals surface area contributed by atoms with Crippen molar-refractivity contribution in [2.24, 2.45) is 12.9 Å². The lowest BCUT2D eigenvalue weighted by atomic mass is 10.1. The van der Waals surface area contributed by atoms with Gasteiger partial charge in [-0.2, -0.15) is 0 Å². The Labute approximate surface area is 113 Å². The molecule has 96 valence electrons. The van der Waals surface area contributed by atoms with E-state index in [4.69, 9.17) is 5.84 Å². The first-order valence-corrected chi connectivity index (χ1v) is 6.27. The van der Waals surface area contributed by atoms with Gasteiger partial charge in [-0.15, -0.1) is 0 Å². The molecule has 2 aromatic rings. The molecule has 0 aliphatic rings. The molecule has 1 aromatic carbocycles. The van der Waals surface area contributed by atoms with E-state index in [0.717, 1.165) is 11.4 Å². The van der Waals surface area contributed by atoms with E-state index >= 15 is 0 Å². The summed E-state index contributed by atoms with van der Waals surface area (Å²) in [5, 5.41) is 0. The summed E-state index contributed by atoms with van der Waals surface area (Å²) >= 11 is 3.28. The van der Waals surface area contributed by atoms with Crippen molar-refractivity contribution < 1.29 is 4.39 Å². The standard InChI is InChI=1S/C12H14BrFN4/c1-18-3-2-16-12(18)11(17-15)6-8-4-9(13)7-10(14)5-8/h2-5,7,11,17H,6,15H2,1H3. The predicted octanol–water partition coefficient (Wildman–Crippen LogP) is 2.07. The maximum Gasteiger partial charge on any atom is 0.127 e. The van der Waals surface area contributed by atoms with E-state index in [1.165, 1.54) is 12.1 Å². The molecule has 4 nitrogen and oxygen atoms in total. The molecule has 6 heteroatoms. The summed E-state index contributed by atoms with van der Waals surface area (Å²) in [5.41, 5.74) is 3.57. The van der Waals surface area contributed by atoms with Crippen LogP contribution in [-0.2, 0) is 13.5 Å². The van der Waals surface area contributed by atoms with Crippen LogP contribution in [0, 0.1) is 5.82 Å². The van der Waals surface area contributed by atoms with Crippen molar-refractivity contribution in [3.05, 3.63) is 52.3 Å². The number of hydrogen-bond acceptors (Lipinski definition) is 3. The van der Waals surface area contributed by atoms with E-state index < -0.39 is 0 Å². The molecule has 1 heterocycles. The summed E-state index contributed by atoms with van der Waals surface area (Å²) in [6.07, 6.45) is 4.13. The normalized spacial score (nSPS) is 12.7. The second kappa shape index (κ2) is 5.60. The number of imidazole rings is 1. The number of aromatic nitrogens is 2. The third-order valence-corrected chi connectivity index (χ3v) is 3.19. The van der Waals surface area contributed by atoms with Gasteiger partial charge in [0.25, 0.3) is 0 Å². The minimum Gasteiger partial charge on any atom is -0.337 e. The lowest BCUT2D eigenvalue weighted by molar-refractivity contribution is 0.505. The largest absolute Gasteiger partial charge is 0.337 e. The Bertz CT molecular complexity index is 520. The highest BCUT2D eigenvalue weighted by molar-refractivity contribution is 9.10. The van der Waals surface area contributed by atoms with Crippen molar-refractivity contribution in [3.8, 4) is 0 Å². The topological polar surface area (TPSA) is 55.9 Å². The van der Waals surface area contributed by atoms with Crippen LogP contribution in [0.2, 0.25) is 0 Å². The second-order valence-electron chi connectivity index (χ2n) is 4.10. The molecule has 0 amide bonds. The van der Waals surface area contributed by atoms with Crippen molar-refractivity contribution in [3.63, 3.8) is 0 Å². The van der Waals surface area contributed by atoms with Crippen LogP contribution in [0.25, 0.3) is 0 Å². The first-order valence-electron chi connectivity index (χ1n) is 5.48. The van der Waals surface area contributed by atoms with Gasteiger partial charge in [0.2, 0.25) is 0 Å². The molecule has 0 aliphatic heterocycles. The Kier molecular flexibility index (Phi) is 4.11. The first-order chi connectivity index (χ1) is 8.60. The maximum atomic E-state index is 13.3. The van der Waals surface area contributed by atoms with Crippen LogP contribution in [0.1, 0.15) is 17.4 Å². The summed E-state index contributed by atoms with van der Waals surface area (Å²) in [4.78, 5) is 4.24. The molecule has 1 atom stereocenters. The van der Waals surface area contributed by atoms with Gasteiger partial charge in [-0.1, -0.05) is 15.9 Å². The van der Waals surface area contributed by atoms with E-state index in [1.54, 1.807) is 6.20 Å². The van der Waals surface area contributed by atoms with Gasteiger partial charge in [0.1, 0.15) is 11.6 Å². The lowest BCUT2D eigenvalue weighted by Gasteiger charge is -2.16. The molecule has 1 aromatic heterocycles. The van der Waals surface area contributed by atoms with Crippen molar-refractivity contribution in [1.82, 2.24) is 15.0 Å². The third-order valence-electron chi connectivity index (χ3n) is 2.73. The molecule has 0 spiro atoms. The number of nitrogens with two attached hydrogens (primary N) is 1. The molecule has 0 bridgehead atoms. The summed E-state index contributed by atoms with van der Waals surface area (Å²) in [6.45, 7) is 0. The summed E-state index contributed by atoms with van der Waals surface area (Å²) in [7, 11) is 1.90. The molecule has 18 heavy (non-hydrogen) atoms. The number of hydrazine groups is 1. The SMILES string of the molecule is Cn1ccnc1C(Cc1cc(F)cc(Br)c1)NN. The average molecular weight is 313 g/mol. The zero-order chi connectivity index (χ0) is 13.1. The summed E-state index contributed by atoms with van der Waals surface area (Å²) in [6, 6.07) is 4.64. The highest BCUT2D eigenvalue weighted by atomic mass is 79.9. The Hall–Kier alpha value is -1.24. The van der Waals surface area contributed by atoms with E-state index in [1.807, 2.05) is 23.9 Å². The van der Waals surface area contributed by atoms with Crippen molar-refractivity contribution >= 4 is 15.9 Å². The number of nitrogens with zero attached hydrogens (tertiary/aromatic N) is 2. The van der Waals surface area contributed by atoms with Crippen LogP contribution in [-0.4, -0.2) is 9.55 Å². The van der Waals surface area contributed by atoms with Crippen LogP contribution in [0.4, 0.5) is 4.39 Å². The number of nitrogens with one attached hydrogen (secondary N) is 1. The van der Waals surface area contributed by atoms with Gasteiger partial charge < -0.3 is 4.57 Å². The van der Waals surface area contributed by atoms with Gasteiger partial charge in [0.15, 0.2) is 0 Å². The second-order valence-corrected chi connectivity index (χ2v) is 5.01. The minimum absolute atomic E-state index is 0.154. The van der Waals surface area contributed by atoms with Gasteiger partial charge in [-0.05, 0) is 30.2 Å². The molecule has 0 fully saturated rings. The molecule has 0 aliphatic carbocycles. The minimum atomic E-state index is -0.269. The molecular formula is C12H14BrFN4. The Morgan fingerprint density at radius 3 is 2.83 bits per heavy atom. The number of halogens is 2. The Morgan fingerprint density at radius 1 is 1.50 bits per heavy atom. The summed E-state index contributed by atoms with van der Waals surface area (Å²) < 4.78 is 15.9. The van der Waals surface area contributed by atoms with Crippen molar-refractivity contribution in [2.45, 2.75) is 12.5 Å². The van der Waals surface area contributed by atoms with Crippen LogP contribution >= 0.6 is 15.9 Å². The molecule has 0 radical (unpaired) electrons. The fraction of sp³-hybridized carbons (Fsp3) is 0.250. The molecule has 0 saturated heterocycles. The zero-order valence-electron chi connectivity index (χ0n) is 9.90. The maximum absolute atomic E-state index is 13.3. The van der Waals surface area contributed by atoms with E-state index in [0.29, 0.717) is 10.9 Å². The fourth-order valence-corrected chi connectivity index (χ4v) is 2.41. The number of aryl methyl sites for hydroxylation is 1. The highest BCUT2D eigenvalue weighted by Crippen LogP contribution is 2.20. The molecule has 0 saturated carbocycles. The number of benzene rings is 1. The molecular weight excluding hydrogens is 299 g/mol. The monoisotopic (exact) mass is 312 g/mol. The summed E-state index contributed by atoms with van der Waals surface area (Å²) in [5.74, 6) is 6.10. The van der Waals surface area contributed by atoms with Gasteiger partial charge in [-0.3, -0.25) is 5.84 Å². The van der Waals surface area contributed by atoms with Crippen molar-refractivity contribution in [2.75, 3.05) is 0 Å². The van der Waals surface area contributed by atoms with Crippen LogP contribution in [0.5, 0.6) is 0 Å². The first kappa shape index (κ1) is 13.2. The molecule has 1 unspecified atom stereocenters. The van der Waals surface area contributed by atoms with Gasteiger partial charge in [0.05, 0.1) is 6.04 Å². The van der Waals surface area contributed by atoms with Crippen LogP contribution in [0.3, 0.4) is 0 Å². The van der Waals surface area contributed by atoms with E-state index in [2.05, 4.69) is 26.3 Å². The smallest absolute Gasteiger partial charge is 0.127 e. The van der Waals surface area contributed by atoms with Crippen LogP contribution < -0.4 is 11.3 Å². The predicted molar refractivity (Wildman–Crippen MR) is 71.1 cm³/mol.